The average Bonchev–Trinajstić information content (AvgIpc) is 3.18. The smallest absolute Gasteiger partial charge is 0.273 e. The summed E-state index contributed by atoms with van der Waals surface area (Å²) >= 11 is 6.25. The maximum Gasteiger partial charge on any atom is 0.273 e. The van der Waals surface area contributed by atoms with Gasteiger partial charge in [0.15, 0.2) is 0 Å². The predicted molar refractivity (Wildman–Crippen MR) is 100 cm³/mol. The Morgan fingerprint density at radius 3 is 2.64 bits per heavy atom. The summed E-state index contributed by atoms with van der Waals surface area (Å²) < 4.78 is 14.0. The average molecular weight is 399 g/mol. The van der Waals surface area contributed by atoms with Gasteiger partial charge in [-0.05, 0) is 42.8 Å². The highest BCUT2D eigenvalue weighted by molar-refractivity contribution is 6.40. The summed E-state index contributed by atoms with van der Waals surface area (Å²) in [6.07, 6.45) is 1.52. The maximum absolute atomic E-state index is 14.0. The van der Waals surface area contributed by atoms with E-state index in [-0.39, 0.29) is 21.8 Å². The normalized spacial score (nSPS) is 13.0. The molecule has 0 saturated heterocycles. The first-order chi connectivity index (χ1) is 13.4. The van der Waals surface area contributed by atoms with Gasteiger partial charge in [-0.15, -0.1) is 0 Å². The summed E-state index contributed by atoms with van der Waals surface area (Å²) in [6.45, 7) is 1.73. The van der Waals surface area contributed by atoms with Crippen molar-refractivity contribution >= 4 is 40.7 Å². The molecule has 0 saturated carbocycles. The number of fused-ring (bicyclic) bond motifs is 1. The summed E-state index contributed by atoms with van der Waals surface area (Å²) in [5.41, 5.74) is 1.13. The fourth-order valence-corrected chi connectivity index (χ4v) is 3.26. The standard InChI is InChI=1S/C19H12ClFN4O3/c1-9-8-22-24-16(9)17(26)23-10-5-6-14(12(20)7-10)25-18(27)11-3-2-4-13(21)15(11)19(25)28/h2-8H,1H3,(H,22,24)(H,23,26). The number of halogens is 2. The third-order valence-corrected chi connectivity index (χ3v) is 4.67. The van der Waals surface area contributed by atoms with E-state index in [4.69, 9.17) is 11.6 Å². The van der Waals surface area contributed by atoms with Crippen molar-refractivity contribution in [3.05, 3.63) is 75.8 Å². The minimum absolute atomic E-state index is 0.0202. The molecule has 0 spiro atoms. The van der Waals surface area contributed by atoms with Crippen LogP contribution in [0.2, 0.25) is 5.02 Å². The number of carbonyl (C=O) groups excluding carboxylic acids is 3. The van der Waals surface area contributed by atoms with Gasteiger partial charge >= 0.3 is 0 Å². The summed E-state index contributed by atoms with van der Waals surface area (Å²) in [6, 6.07) is 8.17. The van der Waals surface area contributed by atoms with E-state index in [0.717, 1.165) is 11.0 Å². The molecule has 0 atom stereocenters. The lowest BCUT2D eigenvalue weighted by Crippen LogP contribution is -2.29. The van der Waals surface area contributed by atoms with Crippen LogP contribution in [0.1, 0.15) is 36.8 Å². The first-order valence-electron chi connectivity index (χ1n) is 8.16. The van der Waals surface area contributed by atoms with Crippen LogP contribution < -0.4 is 10.2 Å². The minimum Gasteiger partial charge on any atom is -0.321 e. The summed E-state index contributed by atoms with van der Waals surface area (Å²) in [7, 11) is 0. The Hall–Kier alpha value is -3.52. The molecule has 0 bridgehead atoms. The molecule has 2 N–H and O–H groups in total. The Morgan fingerprint density at radius 1 is 1.21 bits per heavy atom. The van der Waals surface area contributed by atoms with E-state index in [1.807, 2.05) is 0 Å². The second-order valence-corrected chi connectivity index (χ2v) is 6.56. The zero-order valence-corrected chi connectivity index (χ0v) is 15.2. The first-order valence-corrected chi connectivity index (χ1v) is 8.54. The lowest BCUT2D eigenvalue weighted by Gasteiger charge is -2.16. The van der Waals surface area contributed by atoms with E-state index in [1.54, 1.807) is 6.92 Å². The molecule has 1 aliphatic rings. The van der Waals surface area contributed by atoms with Gasteiger partial charge in [-0.25, -0.2) is 9.29 Å². The third kappa shape index (κ3) is 2.74. The monoisotopic (exact) mass is 398 g/mol. The van der Waals surface area contributed by atoms with Crippen LogP contribution in [0.5, 0.6) is 0 Å². The highest BCUT2D eigenvalue weighted by Crippen LogP contribution is 2.35. The van der Waals surface area contributed by atoms with Gasteiger partial charge in [-0.3, -0.25) is 19.5 Å². The van der Waals surface area contributed by atoms with Crippen LogP contribution >= 0.6 is 11.6 Å². The predicted octanol–water partition coefficient (Wildman–Crippen LogP) is 3.56. The number of hydrogen-bond acceptors (Lipinski definition) is 4. The van der Waals surface area contributed by atoms with Crippen LogP contribution in [0.25, 0.3) is 0 Å². The highest BCUT2D eigenvalue weighted by Gasteiger charge is 2.39. The number of aromatic amines is 1. The van der Waals surface area contributed by atoms with E-state index in [9.17, 15) is 18.8 Å². The molecule has 9 heteroatoms. The van der Waals surface area contributed by atoms with Gasteiger partial charge in [0, 0.05) is 5.69 Å². The van der Waals surface area contributed by atoms with Gasteiger partial charge in [0.25, 0.3) is 17.7 Å². The Morgan fingerprint density at radius 2 is 2.00 bits per heavy atom. The number of rotatable bonds is 3. The summed E-state index contributed by atoms with van der Waals surface area (Å²) in [4.78, 5) is 38.2. The Balaban J connectivity index is 1.63. The molecule has 140 valence electrons. The third-order valence-electron chi connectivity index (χ3n) is 4.37. The molecule has 0 unspecified atom stereocenters. The largest absolute Gasteiger partial charge is 0.321 e. The Bertz CT molecular complexity index is 1160. The number of aryl methyl sites for hydroxylation is 1. The summed E-state index contributed by atoms with van der Waals surface area (Å²) in [5.74, 6) is -2.63. The van der Waals surface area contributed by atoms with Crippen molar-refractivity contribution in [2.24, 2.45) is 0 Å². The molecular weight excluding hydrogens is 387 g/mol. The topological polar surface area (TPSA) is 95.2 Å². The molecule has 1 aromatic heterocycles. The zero-order chi connectivity index (χ0) is 20.0. The van der Waals surface area contributed by atoms with Gasteiger partial charge in [-0.1, -0.05) is 17.7 Å². The fraction of sp³-hybridized carbons (Fsp3) is 0.0526. The van der Waals surface area contributed by atoms with Crippen molar-refractivity contribution in [3.8, 4) is 0 Å². The lowest BCUT2D eigenvalue weighted by atomic mass is 10.1. The van der Waals surface area contributed by atoms with Crippen LogP contribution in [-0.4, -0.2) is 27.9 Å². The molecule has 3 amide bonds. The number of imide groups is 1. The zero-order valence-electron chi connectivity index (χ0n) is 14.4. The molecule has 1 aliphatic heterocycles. The van der Waals surface area contributed by atoms with E-state index < -0.39 is 23.5 Å². The number of hydrogen-bond donors (Lipinski definition) is 2. The van der Waals surface area contributed by atoms with Gasteiger partial charge in [0.05, 0.1) is 28.0 Å². The summed E-state index contributed by atoms with van der Waals surface area (Å²) in [5, 5.41) is 9.08. The van der Waals surface area contributed by atoms with E-state index >= 15 is 0 Å². The minimum atomic E-state index is -0.787. The van der Waals surface area contributed by atoms with Crippen LogP contribution in [0.3, 0.4) is 0 Å². The van der Waals surface area contributed by atoms with Crippen molar-refractivity contribution in [2.45, 2.75) is 6.92 Å². The van der Waals surface area contributed by atoms with Crippen LogP contribution in [0.15, 0.2) is 42.6 Å². The van der Waals surface area contributed by atoms with Gasteiger partial charge in [0.1, 0.15) is 11.5 Å². The molecular formula is C19H12ClFN4O3. The molecule has 28 heavy (non-hydrogen) atoms. The SMILES string of the molecule is Cc1cn[nH]c1C(=O)Nc1ccc(N2C(=O)c3cccc(F)c3C2=O)c(Cl)c1. The fourth-order valence-electron chi connectivity index (χ4n) is 3.00. The quantitative estimate of drug-likeness (QED) is 0.659. The Labute approximate surface area is 163 Å². The highest BCUT2D eigenvalue weighted by atomic mass is 35.5. The van der Waals surface area contributed by atoms with Crippen molar-refractivity contribution in [3.63, 3.8) is 0 Å². The first kappa shape index (κ1) is 17.9. The molecule has 0 aliphatic carbocycles. The van der Waals surface area contributed by atoms with Crippen molar-refractivity contribution in [1.82, 2.24) is 10.2 Å². The lowest BCUT2D eigenvalue weighted by molar-refractivity contribution is 0.0923. The molecule has 7 nitrogen and oxygen atoms in total. The molecule has 2 aromatic carbocycles. The number of nitrogens with zero attached hydrogens (tertiary/aromatic N) is 2. The van der Waals surface area contributed by atoms with Crippen LogP contribution in [-0.2, 0) is 0 Å². The number of nitrogens with one attached hydrogen (secondary N) is 2. The van der Waals surface area contributed by atoms with Gasteiger partial charge < -0.3 is 5.32 Å². The Kier molecular flexibility index (Phi) is 4.20. The number of carbonyl (C=O) groups is 3. The molecule has 3 aromatic rings. The van der Waals surface area contributed by atoms with Crippen molar-refractivity contribution in [2.75, 3.05) is 10.2 Å². The molecule has 0 fully saturated rings. The number of aromatic nitrogens is 2. The van der Waals surface area contributed by atoms with E-state index in [2.05, 4.69) is 15.5 Å². The molecule has 2 heterocycles. The second kappa shape index (κ2) is 6.58. The number of amides is 3. The molecule has 0 radical (unpaired) electrons. The maximum atomic E-state index is 14.0. The number of benzene rings is 2. The number of H-pyrrole nitrogens is 1. The number of anilines is 2. The van der Waals surface area contributed by atoms with Crippen molar-refractivity contribution in [1.29, 1.82) is 0 Å². The van der Waals surface area contributed by atoms with E-state index in [0.29, 0.717) is 16.9 Å². The van der Waals surface area contributed by atoms with Crippen LogP contribution in [0.4, 0.5) is 15.8 Å². The van der Waals surface area contributed by atoms with Crippen molar-refractivity contribution < 1.29 is 18.8 Å². The van der Waals surface area contributed by atoms with E-state index in [1.165, 1.54) is 36.5 Å². The van der Waals surface area contributed by atoms with Gasteiger partial charge in [-0.2, -0.15) is 5.10 Å². The van der Waals surface area contributed by atoms with Crippen LogP contribution in [0, 0.1) is 12.7 Å². The molecule has 4 rings (SSSR count). The second-order valence-electron chi connectivity index (χ2n) is 6.16. The van der Waals surface area contributed by atoms with Gasteiger partial charge in [0.2, 0.25) is 0 Å².